The van der Waals surface area contributed by atoms with Gasteiger partial charge in [0, 0.05) is 63.2 Å². The Morgan fingerprint density at radius 2 is 2.00 bits per heavy atom. The van der Waals surface area contributed by atoms with Gasteiger partial charge in [0.15, 0.2) is 0 Å². The van der Waals surface area contributed by atoms with Gasteiger partial charge in [-0.05, 0) is 30.5 Å². The Hall–Kier alpha value is -2.21. The van der Waals surface area contributed by atoms with Crippen LogP contribution in [-0.2, 0) is 24.2 Å². The first kappa shape index (κ1) is 15.3. The van der Waals surface area contributed by atoms with Gasteiger partial charge in [-0.25, -0.2) is 4.98 Å². The molecule has 1 fully saturated rings. The van der Waals surface area contributed by atoms with E-state index in [-0.39, 0.29) is 5.92 Å². The average molecular weight is 325 g/mol. The minimum Gasteiger partial charge on any atom is -0.348 e. The zero-order chi connectivity index (χ0) is 16.4. The highest BCUT2D eigenvalue weighted by Crippen LogP contribution is 2.25. The van der Waals surface area contributed by atoms with E-state index in [1.54, 1.807) is 6.33 Å². The third kappa shape index (κ3) is 3.19. The van der Waals surface area contributed by atoms with Crippen molar-refractivity contribution in [3.63, 3.8) is 0 Å². The van der Waals surface area contributed by atoms with Crippen LogP contribution in [0.5, 0.6) is 0 Å². The Kier molecular flexibility index (Phi) is 4.30. The van der Waals surface area contributed by atoms with Crippen LogP contribution in [0.2, 0.25) is 0 Å². The number of aromatic amines is 1. The van der Waals surface area contributed by atoms with Gasteiger partial charge in [0.25, 0.3) is 0 Å². The number of imidazole rings is 1. The lowest BCUT2D eigenvalue weighted by atomic mass is 9.88. The van der Waals surface area contributed by atoms with E-state index < -0.39 is 0 Å². The number of pyridine rings is 1. The summed E-state index contributed by atoms with van der Waals surface area (Å²) in [5, 5.41) is 0. The van der Waals surface area contributed by atoms with Crippen LogP contribution in [0.1, 0.15) is 23.4 Å². The van der Waals surface area contributed by atoms with E-state index in [4.69, 9.17) is 0 Å². The third-order valence-corrected chi connectivity index (χ3v) is 5.18. The highest BCUT2D eigenvalue weighted by Gasteiger charge is 2.31. The van der Waals surface area contributed by atoms with E-state index in [2.05, 4.69) is 36.9 Å². The van der Waals surface area contributed by atoms with Gasteiger partial charge in [-0.1, -0.05) is 0 Å². The zero-order valence-corrected chi connectivity index (χ0v) is 13.8. The molecule has 6 nitrogen and oxygen atoms in total. The number of carbonyl (C=O) groups is 1. The van der Waals surface area contributed by atoms with Gasteiger partial charge in [0.1, 0.15) is 0 Å². The summed E-state index contributed by atoms with van der Waals surface area (Å²) in [6.07, 6.45) is 8.07. The van der Waals surface area contributed by atoms with Crippen LogP contribution in [0.4, 0.5) is 0 Å². The fourth-order valence-corrected chi connectivity index (χ4v) is 3.74. The standard InChI is InChI=1S/C18H23N5O/c24-18(15-1-2-16-17(11-15)21-13-20-16)23-9-7-22(8-10-23)12-14-3-5-19-6-4-14/h3-6,13,15H,1-2,7-12H2,(H,20,21)/t15-/m1/s1. The smallest absolute Gasteiger partial charge is 0.226 e. The molecule has 1 N–H and O–H groups in total. The number of hydrogen-bond acceptors (Lipinski definition) is 4. The lowest BCUT2D eigenvalue weighted by Crippen LogP contribution is -2.50. The van der Waals surface area contributed by atoms with Crippen LogP contribution in [0.3, 0.4) is 0 Å². The highest BCUT2D eigenvalue weighted by molar-refractivity contribution is 5.79. The van der Waals surface area contributed by atoms with Gasteiger partial charge < -0.3 is 9.88 Å². The van der Waals surface area contributed by atoms with Crippen molar-refractivity contribution in [2.24, 2.45) is 5.92 Å². The van der Waals surface area contributed by atoms with Crippen molar-refractivity contribution in [2.75, 3.05) is 26.2 Å². The molecule has 0 bridgehead atoms. The number of hydrogen-bond donors (Lipinski definition) is 1. The third-order valence-electron chi connectivity index (χ3n) is 5.18. The predicted molar refractivity (Wildman–Crippen MR) is 90.2 cm³/mol. The molecule has 1 amide bonds. The maximum Gasteiger partial charge on any atom is 0.226 e. The molecule has 0 spiro atoms. The number of carbonyl (C=O) groups excluding carboxylic acids is 1. The van der Waals surface area contributed by atoms with Crippen LogP contribution in [0.15, 0.2) is 30.9 Å². The molecular formula is C18H23N5O. The highest BCUT2D eigenvalue weighted by atomic mass is 16.2. The molecule has 1 atom stereocenters. The molecule has 1 aliphatic carbocycles. The number of H-pyrrole nitrogens is 1. The van der Waals surface area contributed by atoms with E-state index in [0.29, 0.717) is 5.91 Å². The van der Waals surface area contributed by atoms with Gasteiger partial charge in [-0.15, -0.1) is 0 Å². The van der Waals surface area contributed by atoms with E-state index >= 15 is 0 Å². The molecule has 24 heavy (non-hydrogen) atoms. The number of nitrogens with zero attached hydrogens (tertiary/aromatic N) is 4. The molecule has 2 aliphatic rings. The Labute approximate surface area is 141 Å². The van der Waals surface area contributed by atoms with Gasteiger partial charge in [-0.3, -0.25) is 14.7 Å². The lowest BCUT2D eigenvalue weighted by molar-refractivity contribution is -0.137. The molecular weight excluding hydrogens is 302 g/mol. The van der Waals surface area contributed by atoms with Crippen molar-refractivity contribution in [3.8, 4) is 0 Å². The van der Waals surface area contributed by atoms with Crippen LogP contribution in [0.25, 0.3) is 0 Å². The summed E-state index contributed by atoms with van der Waals surface area (Å²) in [6.45, 7) is 4.48. The number of piperazine rings is 1. The second-order valence-corrected chi connectivity index (χ2v) is 6.72. The Morgan fingerprint density at radius 1 is 1.21 bits per heavy atom. The summed E-state index contributed by atoms with van der Waals surface area (Å²) in [6, 6.07) is 4.11. The number of rotatable bonds is 3. The van der Waals surface area contributed by atoms with Crippen molar-refractivity contribution in [1.82, 2.24) is 24.8 Å². The average Bonchev–Trinajstić information content (AvgIpc) is 3.10. The number of aryl methyl sites for hydroxylation is 1. The minimum atomic E-state index is 0.115. The molecule has 1 saturated heterocycles. The lowest BCUT2D eigenvalue weighted by Gasteiger charge is -2.37. The summed E-state index contributed by atoms with van der Waals surface area (Å²) >= 11 is 0. The molecule has 0 saturated carbocycles. The molecule has 1 aliphatic heterocycles. The second kappa shape index (κ2) is 6.73. The first-order valence-electron chi connectivity index (χ1n) is 8.71. The molecule has 4 rings (SSSR count). The molecule has 0 aromatic carbocycles. The van der Waals surface area contributed by atoms with E-state index in [1.165, 1.54) is 5.56 Å². The summed E-state index contributed by atoms with van der Waals surface area (Å²) in [4.78, 5) is 28.8. The minimum absolute atomic E-state index is 0.115. The fraction of sp³-hybridized carbons (Fsp3) is 0.500. The number of fused-ring (bicyclic) bond motifs is 1. The van der Waals surface area contributed by atoms with Crippen LogP contribution < -0.4 is 0 Å². The summed E-state index contributed by atoms with van der Waals surface area (Å²) in [7, 11) is 0. The van der Waals surface area contributed by atoms with Crippen LogP contribution in [-0.4, -0.2) is 56.8 Å². The molecule has 2 aromatic rings. The Morgan fingerprint density at radius 3 is 2.79 bits per heavy atom. The van der Waals surface area contributed by atoms with Crippen molar-refractivity contribution in [1.29, 1.82) is 0 Å². The van der Waals surface area contributed by atoms with Crippen molar-refractivity contribution in [2.45, 2.75) is 25.8 Å². The van der Waals surface area contributed by atoms with Gasteiger partial charge in [0.2, 0.25) is 5.91 Å². The van der Waals surface area contributed by atoms with Crippen molar-refractivity contribution in [3.05, 3.63) is 47.8 Å². The summed E-state index contributed by atoms with van der Waals surface area (Å²) < 4.78 is 0. The predicted octanol–water partition coefficient (Wildman–Crippen LogP) is 1.25. The fourth-order valence-electron chi connectivity index (χ4n) is 3.74. The summed E-state index contributed by atoms with van der Waals surface area (Å²) in [5.41, 5.74) is 3.57. The Balaban J connectivity index is 1.30. The van der Waals surface area contributed by atoms with E-state index in [0.717, 1.165) is 63.4 Å². The second-order valence-electron chi connectivity index (χ2n) is 6.72. The number of nitrogens with one attached hydrogen (secondary N) is 1. The Bertz CT molecular complexity index is 690. The quantitative estimate of drug-likeness (QED) is 0.922. The molecule has 6 heteroatoms. The topological polar surface area (TPSA) is 65.1 Å². The maximum atomic E-state index is 12.8. The number of amides is 1. The molecule has 2 aromatic heterocycles. The summed E-state index contributed by atoms with van der Waals surface area (Å²) in [5.74, 6) is 0.434. The van der Waals surface area contributed by atoms with Crippen LogP contribution >= 0.6 is 0 Å². The van der Waals surface area contributed by atoms with Crippen molar-refractivity contribution >= 4 is 5.91 Å². The molecule has 0 unspecified atom stereocenters. The van der Waals surface area contributed by atoms with Crippen molar-refractivity contribution < 1.29 is 4.79 Å². The monoisotopic (exact) mass is 325 g/mol. The first-order valence-corrected chi connectivity index (χ1v) is 8.71. The van der Waals surface area contributed by atoms with E-state index in [1.807, 2.05) is 12.4 Å². The van der Waals surface area contributed by atoms with Gasteiger partial charge >= 0.3 is 0 Å². The first-order chi connectivity index (χ1) is 11.8. The SMILES string of the molecule is O=C([C@@H]1CCc2nc[nH]c2C1)N1CCN(Cc2ccncc2)CC1. The maximum absolute atomic E-state index is 12.8. The number of aromatic nitrogens is 3. The normalized spacial score (nSPS) is 21.5. The molecule has 3 heterocycles. The molecule has 0 radical (unpaired) electrons. The van der Waals surface area contributed by atoms with Gasteiger partial charge in [-0.2, -0.15) is 0 Å². The van der Waals surface area contributed by atoms with Crippen LogP contribution in [0, 0.1) is 5.92 Å². The van der Waals surface area contributed by atoms with E-state index in [9.17, 15) is 4.79 Å². The zero-order valence-electron chi connectivity index (χ0n) is 13.8. The largest absolute Gasteiger partial charge is 0.348 e. The molecule has 126 valence electrons. The van der Waals surface area contributed by atoms with Gasteiger partial charge in [0.05, 0.1) is 12.0 Å².